The van der Waals surface area contributed by atoms with Gasteiger partial charge in [0, 0.05) is 30.7 Å². The van der Waals surface area contributed by atoms with Crippen LogP contribution in [0.5, 0.6) is 0 Å². The minimum absolute atomic E-state index is 0.0434. The minimum atomic E-state index is -0.0434. The standard InChI is InChI=1S/C24H21N3O/c1-17-10-12-18(13-11-17)16-27(2)24(28)21-15-22(19-7-4-3-5-8-19)26-23-20(21)9-6-14-25-23/h3-15H,16H2,1-2H3. The van der Waals surface area contributed by atoms with Gasteiger partial charge >= 0.3 is 0 Å². The van der Waals surface area contributed by atoms with Crippen LogP contribution in [0.4, 0.5) is 0 Å². The van der Waals surface area contributed by atoms with Gasteiger partial charge in [-0.1, -0.05) is 60.2 Å². The Bertz CT molecular complexity index is 1120. The molecule has 4 rings (SSSR count). The number of rotatable bonds is 4. The first kappa shape index (κ1) is 17.9. The second kappa shape index (κ2) is 7.61. The number of amides is 1. The first-order valence-electron chi connectivity index (χ1n) is 9.24. The highest BCUT2D eigenvalue weighted by Gasteiger charge is 2.18. The van der Waals surface area contributed by atoms with Gasteiger partial charge in [0.2, 0.25) is 0 Å². The van der Waals surface area contributed by atoms with E-state index in [-0.39, 0.29) is 5.91 Å². The summed E-state index contributed by atoms with van der Waals surface area (Å²) >= 11 is 0. The normalized spacial score (nSPS) is 10.8. The Labute approximate surface area is 164 Å². The molecule has 0 bridgehead atoms. The van der Waals surface area contributed by atoms with Crippen molar-refractivity contribution < 1.29 is 4.79 Å². The molecule has 0 fully saturated rings. The van der Waals surface area contributed by atoms with Crippen LogP contribution in [-0.4, -0.2) is 27.8 Å². The number of fused-ring (bicyclic) bond motifs is 1. The van der Waals surface area contributed by atoms with Crippen LogP contribution in [0.2, 0.25) is 0 Å². The summed E-state index contributed by atoms with van der Waals surface area (Å²) in [4.78, 5) is 24.1. The van der Waals surface area contributed by atoms with Gasteiger partial charge in [-0.25, -0.2) is 9.97 Å². The molecule has 138 valence electrons. The molecule has 0 saturated carbocycles. The molecule has 0 aliphatic rings. The molecular weight excluding hydrogens is 346 g/mol. The quantitative estimate of drug-likeness (QED) is 0.516. The largest absolute Gasteiger partial charge is 0.337 e. The lowest BCUT2D eigenvalue weighted by Crippen LogP contribution is -2.26. The summed E-state index contributed by atoms with van der Waals surface area (Å²) in [6.07, 6.45) is 1.70. The number of benzene rings is 2. The molecule has 0 aliphatic carbocycles. The first-order valence-corrected chi connectivity index (χ1v) is 9.24. The van der Waals surface area contributed by atoms with Crippen LogP contribution < -0.4 is 0 Å². The smallest absolute Gasteiger partial charge is 0.254 e. The van der Waals surface area contributed by atoms with Gasteiger partial charge in [-0.3, -0.25) is 4.79 Å². The molecule has 0 N–H and O–H groups in total. The van der Waals surface area contributed by atoms with E-state index in [4.69, 9.17) is 0 Å². The van der Waals surface area contributed by atoms with Gasteiger partial charge in [0.15, 0.2) is 5.65 Å². The topological polar surface area (TPSA) is 46.1 Å². The number of aromatic nitrogens is 2. The van der Waals surface area contributed by atoms with Crippen molar-refractivity contribution in [3.63, 3.8) is 0 Å². The molecule has 2 aromatic carbocycles. The zero-order valence-electron chi connectivity index (χ0n) is 16.0. The molecule has 0 unspecified atom stereocenters. The van der Waals surface area contributed by atoms with E-state index in [2.05, 4.69) is 41.2 Å². The number of pyridine rings is 2. The lowest BCUT2D eigenvalue weighted by atomic mass is 10.0. The van der Waals surface area contributed by atoms with Crippen LogP contribution in [0.3, 0.4) is 0 Å². The molecule has 2 aromatic heterocycles. The first-order chi connectivity index (χ1) is 13.6. The highest BCUT2D eigenvalue weighted by molar-refractivity contribution is 6.06. The van der Waals surface area contributed by atoms with Crippen LogP contribution in [0.15, 0.2) is 79.0 Å². The van der Waals surface area contributed by atoms with E-state index in [9.17, 15) is 4.79 Å². The summed E-state index contributed by atoms with van der Waals surface area (Å²) in [5.74, 6) is -0.0434. The lowest BCUT2D eigenvalue weighted by Gasteiger charge is -2.19. The maximum Gasteiger partial charge on any atom is 0.254 e. The summed E-state index contributed by atoms with van der Waals surface area (Å²) in [7, 11) is 1.83. The van der Waals surface area contributed by atoms with Gasteiger partial charge in [0.25, 0.3) is 5.91 Å². The van der Waals surface area contributed by atoms with Crippen molar-refractivity contribution in [2.45, 2.75) is 13.5 Å². The Hall–Kier alpha value is -3.53. The molecule has 2 heterocycles. The van der Waals surface area contributed by atoms with E-state index in [0.717, 1.165) is 22.2 Å². The predicted octanol–water partition coefficient (Wildman–Crippen LogP) is 4.88. The average Bonchev–Trinajstić information content (AvgIpc) is 2.74. The van der Waals surface area contributed by atoms with E-state index in [1.807, 2.05) is 55.6 Å². The lowest BCUT2D eigenvalue weighted by molar-refractivity contribution is 0.0787. The van der Waals surface area contributed by atoms with Crippen molar-refractivity contribution in [3.05, 3.63) is 95.7 Å². The van der Waals surface area contributed by atoms with Gasteiger partial charge < -0.3 is 4.90 Å². The van der Waals surface area contributed by atoms with Crippen molar-refractivity contribution in [3.8, 4) is 11.3 Å². The van der Waals surface area contributed by atoms with Gasteiger partial charge in [-0.15, -0.1) is 0 Å². The average molecular weight is 367 g/mol. The zero-order valence-corrected chi connectivity index (χ0v) is 16.0. The Morgan fingerprint density at radius 1 is 0.964 bits per heavy atom. The minimum Gasteiger partial charge on any atom is -0.337 e. The van der Waals surface area contributed by atoms with E-state index in [1.165, 1.54) is 5.56 Å². The summed E-state index contributed by atoms with van der Waals surface area (Å²) in [6, 6.07) is 23.7. The van der Waals surface area contributed by atoms with E-state index < -0.39 is 0 Å². The second-order valence-corrected chi connectivity index (χ2v) is 6.94. The Morgan fingerprint density at radius 3 is 2.46 bits per heavy atom. The Morgan fingerprint density at radius 2 is 1.71 bits per heavy atom. The number of hydrogen-bond acceptors (Lipinski definition) is 3. The summed E-state index contributed by atoms with van der Waals surface area (Å²) in [6.45, 7) is 2.60. The van der Waals surface area contributed by atoms with Crippen LogP contribution in [0.1, 0.15) is 21.5 Å². The molecule has 4 nitrogen and oxygen atoms in total. The van der Waals surface area contributed by atoms with Crippen LogP contribution in [-0.2, 0) is 6.54 Å². The summed E-state index contributed by atoms with van der Waals surface area (Å²) in [5, 5.41) is 0.767. The monoisotopic (exact) mass is 367 g/mol. The summed E-state index contributed by atoms with van der Waals surface area (Å²) < 4.78 is 0. The molecule has 4 heteroatoms. The van der Waals surface area contributed by atoms with Crippen LogP contribution in [0.25, 0.3) is 22.3 Å². The number of hydrogen-bond donors (Lipinski definition) is 0. The predicted molar refractivity (Wildman–Crippen MR) is 112 cm³/mol. The van der Waals surface area contributed by atoms with Crippen molar-refractivity contribution in [1.29, 1.82) is 0 Å². The number of carbonyl (C=O) groups excluding carboxylic acids is 1. The molecule has 0 radical (unpaired) electrons. The zero-order chi connectivity index (χ0) is 19.5. The molecule has 0 spiro atoms. The molecule has 1 amide bonds. The molecule has 28 heavy (non-hydrogen) atoms. The van der Waals surface area contributed by atoms with Crippen molar-refractivity contribution in [2.75, 3.05) is 7.05 Å². The molecule has 0 aliphatic heterocycles. The number of aryl methyl sites for hydroxylation is 1. The Balaban J connectivity index is 1.73. The van der Waals surface area contributed by atoms with Gasteiger partial charge in [-0.2, -0.15) is 0 Å². The molecule has 0 atom stereocenters. The highest BCUT2D eigenvalue weighted by atomic mass is 16.2. The second-order valence-electron chi connectivity index (χ2n) is 6.94. The molecule has 4 aromatic rings. The van der Waals surface area contributed by atoms with Crippen LogP contribution in [0, 0.1) is 6.92 Å². The number of carbonyl (C=O) groups is 1. The van der Waals surface area contributed by atoms with Crippen molar-refractivity contribution in [1.82, 2.24) is 14.9 Å². The van der Waals surface area contributed by atoms with Crippen molar-refractivity contribution >= 4 is 16.9 Å². The maximum atomic E-state index is 13.3. The van der Waals surface area contributed by atoms with Gasteiger partial charge in [-0.05, 0) is 30.7 Å². The maximum absolute atomic E-state index is 13.3. The van der Waals surface area contributed by atoms with E-state index in [1.54, 1.807) is 11.1 Å². The van der Waals surface area contributed by atoms with Gasteiger partial charge in [0.05, 0.1) is 11.3 Å². The third kappa shape index (κ3) is 3.62. The fourth-order valence-corrected chi connectivity index (χ4v) is 3.24. The fourth-order valence-electron chi connectivity index (χ4n) is 3.24. The molecule has 0 saturated heterocycles. The highest BCUT2D eigenvalue weighted by Crippen LogP contribution is 2.25. The Kier molecular flexibility index (Phi) is 4.85. The SMILES string of the molecule is Cc1ccc(CN(C)C(=O)c2cc(-c3ccccc3)nc3ncccc23)cc1. The van der Waals surface area contributed by atoms with E-state index in [0.29, 0.717) is 17.8 Å². The van der Waals surface area contributed by atoms with Crippen molar-refractivity contribution in [2.24, 2.45) is 0 Å². The van der Waals surface area contributed by atoms with E-state index >= 15 is 0 Å². The van der Waals surface area contributed by atoms with Crippen LogP contribution >= 0.6 is 0 Å². The number of nitrogens with zero attached hydrogens (tertiary/aromatic N) is 3. The fraction of sp³-hybridized carbons (Fsp3) is 0.125. The third-order valence-electron chi connectivity index (χ3n) is 4.77. The summed E-state index contributed by atoms with van der Waals surface area (Å²) in [5.41, 5.74) is 5.21. The third-order valence-corrected chi connectivity index (χ3v) is 4.77. The molecular formula is C24H21N3O. The van der Waals surface area contributed by atoms with Gasteiger partial charge in [0.1, 0.15) is 0 Å².